The molecule has 0 unspecified atom stereocenters. The lowest BCUT2D eigenvalue weighted by molar-refractivity contribution is 0.463. The van der Waals surface area contributed by atoms with Crippen LogP contribution in [0.4, 0.5) is 4.39 Å². The number of rotatable bonds is 13. The van der Waals surface area contributed by atoms with E-state index in [1.54, 1.807) is 0 Å². The van der Waals surface area contributed by atoms with Crippen molar-refractivity contribution in [3.63, 3.8) is 0 Å². The monoisotopic (exact) mass is 304 g/mol. The van der Waals surface area contributed by atoms with Crippen molar-refractivity contribution in [1.29, 1.82) is 0 Å². The zero-order chi connectivity index (χ0) is 15.9. The van der Waals surface area contributed by atoms with Gasteiger partial charge in [-0.1, -0.05) is 81.9 Å². The number of allylic oxidation sites excluding steroid dienone is 1. The van der Waals surface area contributed by atoms with Gasteiger partial charge in [-0.3, -0.25) is 4.39 Å². The molecule has 0 amide bonds. The Morgan fingerprint density at radius 2 is 1.59 bits per heavy atom. The molecular formula is C21H33F. The fraction of sp³-hybridized carbons (Fsp3) is 0.619. The average molecular weight is 304 g/mol. The van der Waals surface area contributed by atoms with Crippen molar-refractivity contribution < 1.29 is 4.39 Å². The molecule has 1 heteroatoms. The lowest BCUT2D eigenvalue weighted by Gasteiger charge is -2.06. The molecule has 0 N–H and O–H groups in total. The second kappa shape index (κ2) is 13.5. The number of hydrogen-bond acceptors (Lipinski definition) is 0. The van der Waals surface area contributed by atoms with E-state index in [1.807, 2.05) is 0 Å². The van der Waals surface area contributed by atoms with E-state index >= 15 is 0 Å². The van der Waals surface area contributed by atoms with Gasteiger partial charge in [-0.05, 0) is 43.2 Å². The first-order valence-electron chi connectivity index (χ1n) is 9.19. The number of benzene rings is 1. The van der Waals surface area contributed by atoms with Crippen LogP contribution in [0.25, 0.3) is 6.08 Å². The summed E-state index contributed by atoms with van der Waals surface area (Å²) in [6.45, 7) is 2.07. The van der Waals surface area contributed by atoms with Gasteiger partial charge in [0.15, 0.2) is 0 Å². The Labute approximate surface area is 136 Å². The third-order valence-electron chi connectivity index (χ3n) is 4.16. The fourth-order valence-corrected chi connectivity index (χ4v) is 2.76. The van der Waals surface area contributed by atoms with Crippen LogP contribution in [0.15, 0.2) is 30.3 Å². The van der Waals surface area contributed by atoms with Crippen molar-refractivity contribution in [2.45, 2.75) is 77.6 Å². The van der Waals surface area contributed by atoms with Crippen molar-refractivity contribution in [2.75, 3.05) is 6.67 Å². The molecule has 0 aliphatic carbocycles. The highest BCUT2D eigenvalue weighted by Gasteiger charge is 1.99. The maximum Gasteiger partial charge on any atom is 0.0894 e. The second-order valence-corrected chi connectivity index (χ2v) is 6.16. The Morgan fingerprint density at radius 3 is 2.36 bits per heavy atom. The average Bonchev–Trinajstić information content (AvgIpc) is 2.55. The minimum Gasteiger partial charge on any atom is -0.251 e. The SMILES string of the molecule is CCCCCCCCCc1ccccc1C=CCCCCF. The first kappa shape index (κ1) is 18.9. The zero-order valence-electron chi connectivity index (χ0n) is 14.3. The molecule has 124 valence electrons. The van der Waals surface area contributed by atoms with E-state index in [9.17, 15) is 4.39 Å². The number of aryl methyl sites for hydroxylation is 1. The maximum atomic E-state index is 12.1. The Kier molecular flexibility index (Phi) is 11.7. The van der Waals surface area contributed by atoms with Gasteiger partial charge in [0.25, 0.3) is 0 Å². The first-order valence-corrected chi connectivity index (χ1v) is 9.19. The molecule has 0 atom stereocenters. The molecule has 0 nitrogen and oxygen atoms in total. The minimum absolute atomic E-state index is 0.192. The molecule has 1 aromatic rings. The number of alkyl halides is 1. The Morgan fingerprint density at radius 1 is 0.864 bits per heavy atom. The first-order chi connectivity index (χ1) is 10.9. The Bertz CT molecular complexity index is 395. The van der Waals surface area contributed by atoms with Crippen molar-refractivity contribution in [3.05, 3.63) is 41.5 Å². The summed E-state index contributed by atoms with van der Waals surface area (Å²) in [6, 6.07) is 8.69. The third kappa shape index (κ3) is 9.02. The normalized spacial score (nSPS) is 11.4. The lowest BCUT2D eigenvalue weighted by atomic mass is 9.99. The smallest absolute Gasteiger partial charge is 0.0894 e. The van der Waals surface area contributed by atoms with E-state index in [0.29, 0.717) is 6.42 Å². The van der Waals surface area contributed by atoms with E-state index in [1.165, 1.54) is 62.5 Å². The van der Waals surface area contributed by atoms with Crippen LogP contribution in [0.3, 0.4) is 0 Å². The molecule has 0 aliphatic heterocycles. The fourth-order valence-electron chi connectivity index (χ4n) is 2.76. The topological polar surface area (TPSA) is 0 Å². The highest BCUT2D eigenvalue weighted by molar-refractivity contribution is 5.53. The molecule has 0 heterocycles. The number of halogens is 1. The van der Waals surface area contributed by atoms with E-state index in [4.69, 9.17) is 0 Å². The quantitative estimate of drug-likeness (QED) is 0.340. The highest BCUT2D eigenvalue weighted by Crippen LogP contribution is 2.16. The zero-order valence-corrected chi connectivity index (χ0v) is 14.3. The van der Waals surface area contributed by atoms with Crippen LogP contribution in [0.2, 0.25) is 0 Å². The molecule has 22 heavy (non-hydrogen) atoms. The van der Waals surface area contributed by atoms with E-state index < -0.39 is 0 Å². The summed E-state index contributed by atoms with van der Waals surface area (Å²) >= 11 is 0. The highest BCUT2D eigenvalue weighted by atomic mass is 19.1. The largest absolute Gasteiger partial charge is 0.251 e. The van der Waals surface area contributed by atoms with Crippen LogP contribution >= 0.6 is 0 Å². The number of hydrogen-bond donors (Lipinski definition) is 0. The van der Waals surface area contributed by atoms with Gasteiger partial charge in [0, 0.05) is 0 Å². The molecule has 1 rings (SSSR count). The van der Waals surface area contributed by atoms with Crippen LogP contribution in [-0.2, 0) is 6.42 Å². The van der Waals surface area contributed by atoms with Crippen LogP contribution in [0.1, 0.15) is 82.3 Å². The van der Waals surface area contributed by atoms with Crippen LogP contribution < -0.4 is 0 Å². The summed E-state index contributed by atoms with van der Waals surface area (Å²) in [5.74, 6) is 0. The van der Waals surface area contributed by atoms with E-state index in [2.05, 4.69) is 43.3 Å². The standard InChI is InChI=1S/C21H33F/c1-2-3-4-5-6-7-10-15-20-17-12-13-18-21(20)16-11-8-9-14-19-22/h11-13,16-18H,2-10,14-15,19H2,1H3. The van der Waals surface area contributed by atoms with Crippen molar-refractivity contribution >= 4 is 6.08 Å². The summed E-state index contributed by atoms with van der Waals surface area (Å²) in [6.07, 6.45) is 17.7. The summed E-state index contributed by atoms with van der Waals surface area (Å²) in [4.78, 5) is 0. The predicted octanol–water partition coefficient (Wildman–Crippen LogP) is 7.13. The molecule has 0 fully saturated rings. The molecule has 0 bridgehead atoms. The molecular weight excluding hydrogens is 271 g/mol. The Hall–Kier alpha value is -1.11. The van der Waals surface area contributed by atoms with Gasteiger partial charge in [0.1, 0.15) is 0 Å². The summed E-state index contributed by atoms with van der Waals surface area (Å²) in [5, 5.41) is 0. The van der Waals surface area contributed by atoms with Gasteiger partial charge >= 0.3 is 0 Å². The summed E-state index contributed by atoms with van der Waals surface area (Å²) < 4.78 is 12.1. The molecule has 1 aromatic carbocycles. The van der Waals surface area contributed by atoms with Crippen LogP contribution in [0, 0.1) is 0 Å². The van der Waals surface area contributed by atoms with Crippen molar-refractivity contribution in [2.24, 2.45) is 0 Å². The van der Waals surface area contributed by atoms with Gasteiger partial charge in [-0.2, -0.15) is 0 Å². The Balaban J connectivity index is 2.28. The predicted molar refractivity (Wildman–Crippen MR) is 97.0 cm³/mol. The van der Waals surface area contributed by atoms with Crippen LogP contribution in [-0.4, -0.2) is 6.67 Å². The maximum absolute atomic E-state index is 12.1. The summed E-state index contributed by atoms with van der Waals surface area (Å²) in [5.41, 5.74) is 2.80. The van der Waals surface area contributed by atoms with Crippen molar-refractivity contribution in [3.8, 4) is 0 Å². The van der Waals surface area contributed by atoms with E-state index in [-0.39, 0.29) is 6.67 Å². The molecule has 0 aromatic heterocycles. The van der Waals surface area contributed by atoms with Gasteiger partial charge in [0.2, 0.25) is 0 Å². The molecule has 0 aliphatic rings. The van der Waals surface area contributed by atoms with Gasteiger partial charge in [0.05, 0.1) is 6.67 Å². The lowest BCUT2D eigenvalue weighted by Crippen LogP contribution is -1.90. The van der Waals surface area contributed by atoms with Crippen molar-refractivity contribution in [1.82, 2.24) is 0 Å². The molecule has 0 spiro atoms. The molecule has 0 saturated carbocycles. The third-order valence-corrected chi connectivity index (χ3v) is 4.16. The number of unbranched alkanes of at least 4 members (excludes halogenated alkanes) is 8. The van der Waals surface area contributed by atoms with Gasteiger partial charge < -0.3 is 0 Å². The van der Waals surface area contributed by atoms with Crippen LogP contribution in [0.5, 0.6) is 0 Å². The molecule has 0 radical (unpaired) electrons. The molecule has 0 saturated heterocycles. The minimum atomic E-state index is -0.192. The van der Waals surface area contributed by atoms with E-state index in [0.717, 1.165) is 12.8 Å². The van der Waals surface area contributed by atoms with Gasteiger partial charge in [-0.25, -0.2) is 0 Å². The van der Waals surface area contributed by atoms with Gasteiger partial charge in [-0.15, -0.1) is 0 Å². The second-order valence-electron chi connectivity index (χ2n) is 6.16. The summed E-state index contributed by atoms with van der Waals surface area (Å²) in [7, 11) is 0.